The van der Waals surface area contributed by atoms with Crippen LogP contribution in [0.2, 0.25) is 0 Å². The topological polar surface area (TPSA) is 29.3 Å². The fourth-order valence-electron chi connectivity index (χ4n) is 2.20. The molecule has 2 heteroatoms. The molecule has 1 rings (SSSR count). The average molecular weight is 198 g/mol. The minimum Gasteiger partial charge on any atom is -0.330 e. The van der Waals surface area contributed by atoms with Gasteiger partial charge in [-0.05, 0) is 44.2 Å². The molecule has 0 aromatic carbocycles. The zero-order valence-electron chi connectivity index (χ0n) is 10.1. The summed E-state index contributed by atoms with van der Waals surface area (Å²) in [6, 6.07) is 0.879. The minimum absolute atomic E-state index is 0.374. The van der Waals surface area contributed by atoms with Crippen LogP contribution in [0.3, 0.4) is 0 Å². The molecule has 0 heterocycles. The molecule has 1 aliphatic rings. The molecule has 0 unspecified atom stereocenters. The summed E-state index contributed by atoms with van der Waals surface area (Å²) in [4.78, 5) is 2.62. The molecule has 1 aliphatic carbocycles. The summed E-state index contributed by atoms with van der Waals surface area (Å²) < 4.78 is 0. The van der Waals surface area contributed by atoms with E-state index >= 15 is 0 Å². The molecule has 0 spiro atoms. The van der Waals surface area contributed by atoms with E-state index in [0.717, 1.165) is 12.6 Å². The Morgan fingerprint density at radius 3 is 2.07 bits per heavy atom. The fourth-order valence-corrected chi connectivity index (χ4v) is 2.20. The summed E-state index contributed by atoms with van der Waals surface area (Å²) in [7, 11) is 0. The summed E-state index contributed by atoms with van der Waals surface area (Å²) in [5.74, 6) is 0. The predicted octanol–water partition coefficient (Wildman–Crippen LogP) is 2.24. The molecule has 0 aromatic rings. The van der Waals surface area contributed by atoms with Crippen LogP contribution in [0.5, 0.6) is 0 Å². The molecule has 2 N–H and O–H groups in total. The molecule has 2 nitrogen and oxygen atoms in total. The van der Waals surface area contributed by atoms with Gasteiger partial charge in [-0.3, -0.25) is 0 Å². The van der Waals surface area contributed by atoms with Gasteiger partial charge in [0.05, 0.1) is 0 Å². The molecule has 14 heavy (non-hydrogen) atoms. The molecular weight excluding hydrogens is 172 g/mol. The van der Waals surface area contributed by atoms with Crippen LogP contribution in [-0.2, 0) is 0 Å². The van der Waals surface area contributed by atoms with E-state index in [1.165, 1.54) is 38.8 Å². The van der Waals surface area contributed by atoms with Gasteiger partial charge in [-0.15, -0.1) is 0 Å². The van der Waals surface area contributed by atoms with Crippen molar-refractivity contribution in [1.82, 2.24) is 4.90 Å². The highest BCUT2D eigenvalue weighted by molar-refractivity contribution is 4.89. The van der Waals surface area contributed by atoms with Crippen molar-refractivity contribution in [3.05, 3.63) is 0 Å². The van der Waals surface area contributed by atoms with E-state index in [2.05, 4.69) is 25.7 Å². The van der Waals surface area contributed by atoms with Gasteiger partial charge in [0.1, 0.15) is 0 Å². The SMILES string of the molecule is CCN(CC(CC)(CC)CN)C1CC1. The molecule has 0 saturated heterocycles. The minimum atomic E-state index is 0.374. The average Bonchev–Trinajstić information content (AvgIpc) is 3.05. The van der Waals surface area contributed by atoms with Crippen LogP contribution in [0, 0.1) is 5.41 Å². The molecule has 1 fully saturated rings. The molecule has 0 aromatic heterocycles. The first-order valence-corrected chi connectivity index (χ1v) is 6.15. The van der Waals surface area contributed by atoms with Gasteiger partial charge in [0.2, 0.25) is 0 Å². The van der Waals surface area contributed by atoms with E-state index in [1.54, 1.807) is 0 Å². The lowest BCUT2D eigenvalue weighted by atomic mass is 9.82. The van der Waals surface area contributed by atoms with Gasteiger partial charge >= 0.3 is 0 Å². The molecule has 1 saturated carbocycles. The second-order valence-corrected chi connectivity index (χ2v) is 4.71. The zero-order valence-corrected chi connectivity index (χ0v) is 10.1. The van der Waals surface area contributed by atoms with E-state index in [-0.39, 0.29) is 0 Å². The summed E-state index contributed by atoms with van der Waals surface area (Å²) in [6.07, 6.45) is 5.23. The van der Waals surface area contributed by atoms with E-state index < -0.39 is 0 Å². The second kappa shape index (κ2) is 5.13. The highest BCUT2D eigenvalue weighted by Crippen LogP contribution is 2.32. The van der Waals surface area contributed by atoms with Crippen molar-refractivity contribution < 1.29 is 0 Å². The molecule has 84 valence electrons. The summed E-state index contributed by atoms with van der Waals surface area (Å²) in [5.41, 5.74) is 6.30. The first-order valence-electron chi connectivity index (χ1n) is 6.15. The van der Waals surface area contributed by atoms with Crippen molar-refractivity contribution in [2.75, 3.05) is 19.6 Å². The lowest BCUT2D eigenvalue weighted by Crippen LogP contribution is -2.42. The molecule has 0 amide bonds. The lowest BCUT2D eigenvalue weighted by Gasteiger charge is -2.36. The first kappa shape index (κ1) is 12.0. The Bertz CT molecular complexity index is 151. The number of hydrogen-bond donors (Lipinski definition) is 1. The third kappa shape index (κ3) is 2.71. The molecule has 0 aliphatic heterocycles. The molecular formula is C12H26N2. The summed E-state index contributed by atoms with van der Waals surface area (Å²) in [6.45, 7) is 10.0. The van der Waals surface area contributed by atoms with Crippen molar-refractivity contribution >= 4 is 0 Å². The van der Waals surface area contributed by atoms with Crippen LogP contribution < -0.4 is 5.73 Å². The molecule has 0 bridgehead atoms. The van der Waals surface area contributed by atoms with Crippen molar-refractivity contribution in [2.45, 2.75) is 52.5 Å². The Labute approximate surface area is 88.8 Å². The normalized spacial score (nSPS) is 17.8. The smallest absolute Gasteiger partial charge is 0.00965 e. The number of nitrogens with zero attached hydrogens (tertiary/aromatic N) is 1. The van der Waals surface area contributed by atoms with E-state index in [0.29, 0.717) is 5.41 Å². The van der Waals surface area contributed by atoms with Crippen LogP contribution in [0.4, 0.5) is 0 Å². The Balaban J connectivity index is 2.51. The fraction of sp³-hybridized carbons (Fsp3) is 1.00. The lowest BCUT2D eigenvalue weighted by molar-refractivity contribution is 0.142. The van der Waals surface area contributed by atoms with Gasteiger partial charge in [-0.25, -0.2) is 0 Å². The van der Waals surface area contributed by atoms with Gasteiger partial charge in [0.25, 0.3) is 0 Å². The third-order valence-electron chi connectivity index (χ3n) is 3.94. The Morgan fingerprint density at radius 1 is 1.21 bits per heavy atom. The van der Waals surface area contributed by atoms with Crippen molar-refractivity contribution in [2.24, 2.45) is 11.1 Å². The Kier molecular flexibility index (Phi) is 4.39. The maximum Gasteiger partial charge on any atom is 0.00965 e. The van der Waals surface area contributed by atoms with Crippen LogP contribution in [-0.4, -0.2) is 30.6 Å². The van der Waals surface area contributed by atoms with Crippen LogP contribution >= 0.6 is 0 Å². The van der Waals surface area contributed by atoms with Crippen LogP contribution in [0.25, 0.3) is 0 Å². The Morgan fingerprint density at radius 2 is 1.79 bits per heavy atom. The highest BCUT2D eigenvalue weighted by Gasteiger charge is 2.34. The van der Waals surface area contributed by atoms with Gasteiger partial charge in [-0.2, -0.15) is 0 Å². The Hall–Kier alpha value is -0.0800. The predicted molar refractivity (Wildman–Crippen MR) is 62.3 cm³/mol. The summed E-state index contributed by atoms with van der Waals surface area (Å²) >= 11 is 0. The summed E-state index contributed by atoms with van der Waals surface area (Å²) in [5, 5.41) is 0. The van der Waals surface area contributed by atoms with E-state index in [4.69, 9.17) is 5.73 Å². The van der Waals surface area contributed by atoms with Gasteiger partial charge in [0.15, 0.2) is 0 Å². The monoisotopic (exact) mass is 198 g/mol. The highest BCUT2D eigenvalue weighted by atomic mass is 15.2. The molecule has 0 atom stereocenters. The maximum atomic E-state index is 5.93. The van der Waals surface area contributed by atoms with Crippen LogP contribution in [0.1, 0.15) is 46.5 Å². The largest absolute Gasteiger partial charge is 0.330 e. The maximum absolute atomic E-state index is 5.93. The standard InChI is InChI=1S/C12H26N2/c1-4-12(5-2,9-13)10-14(6-3)11-7-8-11/h11H,4-10,13H2,1-3H3. The van der Waals surface area contributed by atoms with Gasteiger partial charge < -0.3 is 10.6 Å². The van der Waals surface area contributed by atoms with Crippen molar-refractivity contribution in [1.29, 1.82) is 0 Å². The van der Waals surface area contributed by atoms with E-state index in [9.17, 15) is 0 Å². The molecule has 0 radical (unpaired) electrons. The second-order valence-electron chi connectivity index (χ2n) is 4.71. The number of hydrogen-bond acceptors (Lipinski definition) is 2. The zero-order chi connectivity index (χ0) is 10.6. The quantitative estimate of drug-likeness (QED) is 0.680. The van der Waals surface area contributed by atoms with Gasteiger partial charge in [0, 0.05) is 12.6 Å². The van der Waals surface area contributed by atoms with Crippen LogP contribution in [0.15, 0.2) is 0 Å². The van der Waals surface area contributed by atoms with Gasteiger partial charge in [-0.1, -0.05) is 20.8 Å². The first-order chi connectivity index (χ1) is 6.71. The number of nitrogens with two attached hydrogens (primary N) is 1. The third-order valence-corrected chi connectivity index (χ3v) is 3.94. The van der Waals surface area contributed by atoms with E-state index in [1.807, 2.05) is 0 Å². The number of rotatable bonds is 7. The van der Waals surface area contributed by atoms with Crippen molar-refractivity contribution in [3.8, 4) is 0 Å². The van der Waals surface area contributed by atoms with Crippen molar-refractivity contribution in [3.63, 3.8) is 0 Å².